The summed E-state index contributed by atoms with van der Waals surface area (Å²) in [6.07, 6.45) is 0. The highest BCUT2D eigenvalue weighted by atomic mass is 32.2. The van der Waals surface area contributed by atoms with E-state index in [9.17, 15) is 18.3 Å². The Kier molecular flexibility index (Phi) is 7.28. The van der Waals surface area contributed by atoms with Gasteiger partial charge in [0.15, 0.2) is 11.5 Å². The minimum atomic E-state index is -3.83. The molecule has 4 rings (SSSR count). The molecule has 2 N–H and O–H groups in total. The Bertz CT molecular complexity index is 1330. The van der Waals surface area contributed by atoms with Gasteiger partial charge in [-0.2, -0.15) is 0 Å². The van der Waals surface area contributed by atoms with Crippen LogP contribution in [-0.2, 0) is 16.6 Å². The quantitative estimate of drug-likeness (QED) is 0.521. The third-order valence-corrected chi connectivity index (χ3v) is 8.28. The number of amides is 1. The molecule has 0 atom stereocenters. The third kappa shape index (κ3) is 5.66. The molecule has 1 fully saturated rings. The lowest BCUT2D eigenvalue weighted by molar-refractivity contribution is 0.0974. The van der Waals surface area contributed by atoms with Crippen LogP contribution in [0.1, 0.15) is 36.8 Å². The molecule has 3 aromatic rings. The van der Waals surface area contributed by atoms with Crippen LogP contribution in [0.15, 0.2) is 60.7 Å². The molecule has 0 saturated carbocycles. The fourth-order valence-corrected chi connectivity index (χ4v) is 4.60. The Morgan fingerprint density at radius 2 is 1.56 bits per heavy atom. The maximum Gasteiger partial charge on any atom is 0.285 e. The van der Waals surface area contributed by atoms with Crippen LogP contribution in [0.3, 0.4) is 0 Å². The number of rotatable bonds is 6. The van der Waals surface area contributed by atoms with Gasteiger partial charge in [0.1, 0.15) is 5.75 Å². The van der Waals surface area contributed by atoms with Crippen LogP contribution in [0.25, 0.3) is 11.1 Å². The minimum absolute atomic E-state index is 0.0500. The summed E-state index contributed by atoms with van der Waals surface area (Å²) in [7, 11) is -3.83. The van der Waals surface area contributed by atoms with Gasteiger partial charge in [0, 0.05) is 38.3 Å². The fourth-order valence-electron chi connectivity index (χ4n) is 3.94. The molecule has 2 aromatic carbocycles. The summed E-state index contributed by atoms with van der Waals surface area (Å²) in [6, 6.07) is 18.6. The van der Waals surface area contributed by atoms with Crippen LogP contribution in [0.5, 0.6) is 5.75 Å². The molecule has 0 radical (unpaired) electrons. The third-order valence-electron chi connectivity index (χ3n) is 6.22. The number of anilines is 1. The smallest absolute Gasteiger partial charge is 0.285 e. The number of sulfonamides is 1. The Hall–Kier alpha value is -3.50. The number of phenolic OH excluding ortho intramolecular Hbond substituents is 1. The van der Waals surface area contributed by atoms with E-state index in [-0.39, 0.29) is 11.4 Å². The average Bonchev–Trinajstić information content (AvgIpc) is 2.84. The van der Waals surface area contributed by atoms with Gasteiger partial charge in [-0.05, 0) is 50.1 Å². The summed E-state index contributed by atoms with van der Waals surface area (Å²) in [6.45, 7) is 8.38. The lowest BCUT2D eigenvalue weighted by atomic mass is 9.98. The van der Waals surface area contributed by atoms with Gasteiger partial charge in [-0.25, -0.2) is 13.1 Å². The number of carbonyl (C=O) groups excluding carboxylic acids is 1. The molecule has 1 aromatic heterocycles. The second-order valence-corrected chi connectivity index (χ2v) is 12.2. The number of phenols is 1. The van der Waals surface area contributed by atoms with Gasteiger partial charge in [-0.3, -0.25) is 9.69 Å². The molecule has 1 saturated heterocycles. The molecule has 0 spiro atoms. The summed E-state index contributed by atoms with van der Waals surface area (Å²) >= 11 is 0. The van der Waals surface area contributed by atoms with Crippen molar-refractivity contribution in [3.63, 3.8) is 0 Å². The zero-order valence-corrected chi connectivity index (χ0v) is 21.5. The molecule has 2 heterocycles. The minimum Gasteiger partial charge on any atom is -0.507 e. The normalized spacial score (nSPS) is 15.0. The number of aromatic nitrogens is 2. The van der Waals surface area contributed by atoms with Gasteiger partial charge in [0.25, 0.3) is 5.91 Å². The Morgan fingerprint density at radius 1 is 0.917 bits per heavy atom. The van der Waals surface area contributed by atoms with Crippen LogP contribution in [0.4, 0.5) is 5.82 Å². The topological polar surface area (TPSA) is 116 Å². The first-order valence-corrected chi connectivity index (χ1v) is 13.3. The van der Waals surface area contributed by atoms with Crippen molar-refractivity contribution in [2.45, 2.75) is 32.1 Å². The van der Waals surface area contributed by atoms with E-state index >= 15 is 0 Å². The predicted molar refractivity (Wildman–Crippen MR) is 139 cm³/mol. The van der Waals surface area contributed by atoms with Gasteiger partial charge in [0.05, 0.1) is 4.75 Å². The molecule has 1 amide bonds. The standard InChI is InChI=1S/C26H31N5O4S/c1-26(2,3)36(34,35)29-25(33)22-12-13-24(28-27-22)31-16-14-30(15-17-31)18-19-8-4-5-9-20(19)21-10-6-7-11-23(21)32/h4-13,32H,14-18H2,1-3H3,(H,29,33). The van der Waals surface area contributed by atoms with E-state index in [1.165, 1.54) is 26.8 Å². The average molecular weight is 510 g/mol. The van der Waals surface area contributed by atoms with Crippen molar-refractivity contribution in [1.29, 1.82) is 0 Å². The Labute approximate surface area is 211 Å². The number of hydrogen-bond acceptors (Lipinski definition) is 8. The van der Waals surface area contributed by atoms with Crippen molar-refractivity contribution in [1.82, 2.24) is 19.8 Å². The molecule has 190 valence electrons. The molecule has 9 nitrogen and oxygen atoms in total. The number of nitrogens with zero attached hydrogens (tertiary/aromatic N) is 4. The van der Waals surface area contributed by atoms with E-state index in [0.29, 0.717) is 5.82 Å². The first-order valence-electron chi connectivity index (χ1n) is 11.8. The maximum absolute atomic E-state index is 12.3. The number of hydrogen-bond donors (Lipinski definition) is 2. The van der Waals surface area contributed by atoms with Crippen molar-refractivity contribution >= 4 is 21.7 Å². The molecule has 10 heteroatoms. The van der Waals surface area contributed by atoms with Crippen molar-refractivity contribution in [2.75, 3.05) is 31.1 Å². The molecule has 36 heavy (non-hydrogen) atoms. The number of carbonyl (C=O) groups is 1. The van der Waals surface area contributed by atoms with Crippen LogP contribution < -0.4 is 9.62 Å². The van der Waals surface area contributed by atoms with Crippen molar-refractivity contribution in [3.05, 3.63) is 71.9 Å². The van der Waals surface area contributed by atoms with Crippen LogP contribution >= 0.6 is 0 Å². The van der Waals surface area contributed by atoms with E-state index < -0.39 is 20.7 Å². The van der Waals surface area contributed by atoms with E-state index in [1.54, 1.807) is 12.1 Å². The highest BCUT2D eigenvalue weighted by molar-refractivity contribution is 7.91. The van der Waals surface area contributed by atoms with Crippen LogP contribution in [0.2, 0.25) is 0 Å². The molecule has 0 bridgehead atoms. The summed E-state index contributed by atoms with van der Waals surface area (Å²) < 4.78 is 25.4. The first kappa shape index (κ1) is 25.6. The molecule has 1 aliphatic rings. The maximum atomic E-state index is 12.3. The first-order chi connectivity index (χ1) is 17.0. The van der Waals surface area contributed by atoms with E-state index in [2.05, 4.69) is 30.8 Å². The largest absolute Gasteiger partial charge is 0.507 e. The van der Waals surface area contributed by atoms with Crippen LogP contribution in [-0.4, -0.2) is 65.5 Å². The Morgan fingerprint density at radius 3 is 2.17 bits per heavy atom. The second-order valence-electron chi connectivity index (χ2n) is 9.76. The van der Waals surface area contributed by atoms with Crippen molar-refractivity contribution in [3.8, 4) is 16.9 Å². The van der Waals surface area contributed by atoms with Gasteiger partial charge < -0.3 is 10.0 Å². The second kappa shape index (κ2) is 10.2. The van der Waals surface area contributed by atoms with E-state index in [4.69, 9.17) is 0 Å². The summed E-state index contributed by atoms with van der Waals surface area (Å²) in [5.41, 5.74) is 2.94. The van der Waals surface area contributed by atoms with Crippen molar-refractivity contribution < 1.29 is 18.3 Å². The number of benzene rings is 2. The van der Waals surface area contributed by atoms with E-state index in [1.807, 2.05) is 36.4 Å². The SMILES string of the molecule is CC(C)(C)S(=O)(=O)NC(=O)c1ccc(N2CCN(Cc3ccccc3-c3ccccc3O)CC2)nn1. The molecule has 0 aliphatic carbocycles. The van der Waals surface area contributed by atoms with Crippen LogP contribution in [0, 0.1) is 0 Å². The summed E-state index contributed by atoms with van der Waals surface area (Å²) in [4.78, 5) is 16.8. The monoisotopic (exact) mass is 509 g/mol. The lowest BCUT2D eigenvalue weighted by Crippen LogP contribution is -2.46. The zero-order chi connectivity index (χ0) is 25.9. The Balaban J connectivity index is 1.37. The van der Waals surface area contributed by atoms with Gasteiger partial charge >= 0.3 is 0 Å². The fraction of sp³-hybridized carbons (Fsp3) is 0.346. The number of para-hydroxylation sites is 1. The molecule has 0 unspecified atom stereocenters. The molecule has 1 aliphatic heterocycles. The van der Waals surface area contributed by atoms with Gasteiger partial charge in [-0.1, -0.05) is 42.5 Å². The zero-order valence-electron chi connectivity index (χ0n) is 20.7. The highest BCUT2D eigenvalue weighted by Gasteiger charge is 2.31. The predicted octanol–water partition coefficient (Wildman–Crippen LogP) is 3.03. The highest BCUT2D eigenvalue weighted by Crippen LogP contribution is 2.32. The summed E-state index contributed by atoms with van der Waals surface area (Å²) in [5.74, 6) is 0.109. The van der Waals surface area contributed by atoms with E-state index in [0.717, 1.165) is 49.4 Å². The summed E-state index contributed by atoms with van der Waals surface area (Å²) in [5, 5.41) is 18.4. The number of piperazine rings is 1. The number of aromatic hydroxyl groups is 1. The van der Waals surface area contributed by atoms with Gasteiger partial charge in [-0.15, -0.1) is 10.2 Å². The molecular formula is C26H31N5O4S. The molecular weight excluding hydrogens is 478 g/mol. The van der Waals surface area contributed by atoms with Gasteiger partial charge in [0.2, 0.25) is 10.0 Å². The lowest BCUT2D eigenvalue weighted by Gasteiger charge is -2.35. The van der Waals surface area contributed by atoms with Crippen molar-refractivity contribution in [2.24, 2.45) is 0 Å². The number of nitrogens with one attached hydrogen (secondary N) is 1.